The maximum absolute atomic E-state index is 14.4. The van der Waals surface area contributed by atoms with Crippen LogP contribution in [0.5, 0.6) is 11.5 Å². The molecule has 0 aliphatic rings. The molecule has 1 amide bonds. The second-order valence-electron chi connectivity index (χ2n) is 9.39. The largest absolute Gasteiger partial charge is 0.573 e. The first-order valence-corrected chi connectivity index (χ1v) is 11.0. The molecule has 3 aromatic rings. The van der Waals surface area contributed by atoms with Gasteiger partial charge in [-0.05, 0) is 41.7 Å². The first-order chi connectivity index (χ1) is 16.7. The Morgan fingerprint density at radius 2 is 1.64 bits per heavy atom. The standard InChI is InChI=1S/C26H25F4NO5/c1-25(2,3)13-21(24(33)34)31-23(32)19-12-11-17-18(5-4-6-20(17)27)22(19)35-14-15-7-9-16(10-8-15)36-26(28,29)30/h4-12,21H,13-14H2,1-3H3,(H,31,32)(H,33,34)/t21-/m0/s1. The number of benzene rings is 3. The van der Waals surface area contributed by atoms with E-state index in [1.54, 1.807) is 6.07 Å². The quantitative estimate of drug-likeness (QED) is 0.361. The lowest BCUT2D eigenvalue weighted by molar-refractivity contribution is -0.274. The van der Waals surface area contributed by atoms with Gasteiger partial charge in [0.2, 0.25) is 0 Å². The van der Waals surface area contributed by atoms with Crippen LogP contribution in [0.25, 0.3) is 10.8 Å². The van der Waals surface area contributed by atoms with E-state index < -0.39 is 35.8 Å². The number of carboxylic acid groups (broad SMARTS) is 1. The molecule has 36 heavy (non-hydrogen) atoms. The van der Waals surface area contributed by atoms with Crippen LogP contribution in [0.15, 0.2) is 54.6 Å². The van der Waals surface area contributed by atoms with E-state index in [4.69, 9.17) is 4.74 Å². The highest BCUT2D eigenvalue weighted by Gasteiger charge is 2.31. The van der Waals surface area contributed by atoms with Gasteiger partial charge < -0.3 is 19.9 Å². The molecule has 0 aliphatic carbocycles. The van der Waals surface area contributed by atoms with Gasteiger partial charge in [0.1, 0.15) is 30.0 Å². The summed E-state index contributed by atoms with van der Waals surface area (Å²) in [7, 11) is 0. The molecule has 1 atom stereocenters. The van der Waals surface area contributed by atoms with Gasteiger partial charge in [-0.1, -0.05) is 51.1 Å². The Kier molecular flexibility index (Phi) is 7.76. The van der Waals surface area contributed by atoms with Crippen LogP contribution in [-0.4, -0.2) is 29.4 Å². The molecule has 0 heterocycles. The summed E-state index contributed by atoms with van der Waals surface area (Å²) in [6.07, 6.45) is -4.66. The first-order valence-electron chi connectivity index (χ1n) is 11.0. The van der Waals surface area contributed by atoms with Crippen LogP contribution in [0.3, 0.4) is 0 Å². The molecule has 3 aromatic carbocycles. The highest BCUT2D eigenvalue weighted by Crippen LogP contribution is 2.33. The number of carboxylic acids is 1. The fraction of sp³-hybridized carbons (Fsp3) is 0.308. The number of hydrogen-bond acceptors (Lipinski definition) is 4. The van der Waals surface area contributed by atoms with Crippen LogP contribution >= 0.6 is 0 Å². The normalized spacial score (nSPS) is 12.8. The lowest BCUT2D eigenvalue weighted by atomic mass is 9.88. The number of carbonyl (C=O) groups is 2. The highest BCUT2D eigenvalue weighted by molar-refractivity contribution is 6.05. The van der Waals surface area contributed by atoms with Crippen LogP contribution in [0.2, 0.25) is 0 Å². The summed E-state index contributed by atoms with van der Waals surface area (Å²) in [6, 6.07) is 10.8. The van der Waals surface area contributed by atoms with Crippen molar-refractivity contribution < 1.29 is 41.7 Å². The van der Waals surface area contributed by atoms with Crippen molar-refractivity contribution in [1.82, 2.24) is 5.32 Å². The molecule has 10 heteroatoms. The maximum atomic E-state index is 14.4. The minimum absolute atomic E-state index is 0.00900. The van der Waals surface area contributed by atoms with E-state index in [9.17, 15) is 32.3 Å². The summed E-state index contributed by atoms with van der Waals surface area (Å²) in [5.74, 6) is -2.86. The third-order valence-corrected chi connectivity index (χ3v) is 5.16. The van der Waals surface area contributed by atoms with Gasteiger partial charge in [-0.25, -0.2) is 9.18 Å². The third kappa shape index (κ3) is 7.10. The van der Waals surface area contributed by atoms with Crippen molar-refractivity contribution in [3.05, 3.63) is 71.5 Å². The number of aliphatic carboxylic acids is 1. The molecule has 2 N–H and O–H groups in total. The Morgan fingerprint density at radius 3 is 2.22 bits per heavy atom. The van der Waals surface area contributed by atoms with Crippen molar-refractivity contribution >= 4 is 22.6 Å². The van der Waals surface area contributed by atoms with E-state index in [0.29, 0.717) is 5.56 Å². The Balaban J connectivity index is 1.91. The van der Waals surface area contributed by atoms with Crippen molar-refractivity contribution in [2.24, 2.45) is 5.41 Å². The van der Waals surface area contributed by atoms with Crippen molar-refractivity contribution in [2.75, 3.05) is 0 Å². The van der Waals surface area contributed by atoms with Gasteiger partial charge in [-0.3, -0.25) is 4.79 Å². The first kappa shape index (κ1) is 26.8. The Morgan fingerprint density at radius 1 is 0.972 bits per heavy atom. The summed E-state index contributed by atoms with van der Waals surface area (Å²) in [6.45, 7) is 5.36. The van der Waals surface area contributed by atoms with E-state index in [1.807, 2.05) is 20.8 Å². The second-order valence-corrected chi connectivity index (χ2v) is 9.39. The number of alkyl halides is 3. The van der Waals surface area contributed by atoms with Crippen molar-refractivity contribution in [3.8, 4) is 11.5 Å². The molecule has 0 unspecified atom stereocenters. The minimum atomic E-state index is -4.83. The highest BCUT2D eigenvalue weighted by atomic mass is 19.4. The van der Waals surface area contributed by atoms with Gasteiger partial charge in [0.05, 0.1) is 5.56 Å². The number of rotatable bonds is 8. The van der Waals surface area contributed by atoms with Gasteiger partial charge in [-0.15, -0.1) is 13.2 Å². The number of carbonyl (C=O) groups excluding carboxylic acids is 1. The summed E-state index contributed by atoms with van der Waals surface area (Å²) < 4.78 is 61.3. The number of hydrogen-bond donors (Lipinski definition) is 2. The Labute approximate surface area is 204 Å². The fourth-order valence-electron chi connectivity index (χ4n) is 3.62. The van der Waals surface area contributed by atoms with E-state index in [1.165, 1.54) is 36.4 Å². The zero-order valence-corrected chi connectivity index (χ0v) is 19.8. The topological polar surface area (TPSA) is 84.9 Å². The smallest absolute Gasteiger partial charge is 0.487 e. The summed E-state index contributed by atoms with van der Waals surface area (Å²) in [5, 5.41) is 12.5. The molecule has 0 aliphatic heterocycles. The molecule has 0 fully saturated rings. The molecule has 0 aromatic heterocycles. The second kappa shape index (κ2) is 10.4. The van der Waals surface area contributed by atoms with Gasteiger partial charge in [0.25, 0.3) is 5.91 Å². The van der Waals surface area contributed by atoms with Crippen LogP contribution in [0, 0.1) is 11.2 Å². The molecule has 0 saturated carbocycles. The number of fused-ring (bicyclic) bond motifs is 1. The van der Waals surface area contributed by atoms with E-state index in [2.05, 4.69) is 10.1 Å². The summed E-state index contributed by atoms with van der Waals surface area (Å²) >= 11 is 0. The molecule has 0 radical (unpaired) electrons. The van der Waals surface area contributed by atoms with Crippen molar-refractivity contribution in [3.63, 3.8) is 0 Å². The van der Waals surface area contributed by atoms with Gasteiger partial charge >= 0.3 is 12.3 Å². The summed E-state index contributed by atoms with van der Waals surface area (Å²) in [4.78, 5) is 24.8. The number of halogens is 4. The molecular weight excluding hydrogens is 482 g/mol. The molecule has 0 saturated heterocycles. The molecule has 192 valence electrons. The van der Waals surface area contributed by atoms with Crippen LogP contribution in [0.1, 0.15) is 43.1 Å². The van der Waals surface area contributed by atoms with Crippen molar-refractivity contribution in [2.45, 2.75) is 46.2 Å². The lowest BCUT2D eigenvalue weighted by Gasteiger charge is -2.24. The van der Waals surface area contributed by atoms with Gasteiger partial charge in [0.15, 0.2) is 0 Å². The van der Waals surface area contributed by atoms with Crippen molar-refractivity contribution in [1.29, 1.82) is 0 Å². The zero-order chi connectivity index (χ0) is 26.7. The maximum Gasteiger partial charge on any atom is 0.573 e. The van der Waals surface area contributed by atoms with E-state index in [0.717, 1.165) is 12.1 Å². The molecule has 6 nitrogen and oxygen atoms in total. The monoisotopic (exact) mass is 507 g/mol. The molecular formula is C26H25F4NO5. The predicted octanol–water partition coefficient (Wildman–Crippen LogP) is 6.08. The average molecular weight is 507 g/mol. The third-order valence-electron chi connectivity index (χ3n) is 5.16. The summed E-state index contributed by atoms with van der Waals surface area (Å²) in [5.41, 5.74) is 0.0650. The molecule has 3 rings (SSSR count). The van der Waals surface area contributed by atoms with Crippen LogP contribution < -0.4 is 14.8 Å². The number of nitrogens with one attached hydrogen (secondary N) is 1. The van der Waals surface area contributed by atoms with E-state index >= 15 is 0 Å². The predicted molar refractivity (Wildman–Crippen MR) is 124 cm³/mol. The fourth-order valence-corrected chi connectivity index (χ4v) is 3.62. The molecule has 0 spiro atoms. The minimum Gasteiger partial charge on any atom is -0.487 e. The van der Waals surface area contributed by atoms with Gasteiger partial charge in [0, 0.05) is 10.8 Å². The SMILES string of the molecule is CC(C)(C)C[C@H](NC(=O)c1ccc2c(F)cccc2c1OCc1ccc(OC(F)(F)F)cc1)C(=O)O. The molecule has 0 bridgehead atoms. The van der Waals surface area contributed by atoms with Crippen LogP contribution in [0.4, 0.5) is 17.6 Å². The lowest BCUT2D eigenvalue weighted by Crippen LogP contribution is -2.43. The average Bonchev–Trinajstić information content (AvgIpc) is 2.76. The van der Waals surface area contributed by atoms with Gasteiger partial charge in [-0.2, -0.15) is 0 Å². The van der Waals surface area contributed by atoms with E-state index in [-0.39, 0.29) is 40.5 Å². The van der Waals surface area contributed by atoms with Crippen LogP contribution in [-0.2, 0) is 11.4 Å². The zero-order valence-electron chi connectivity index (χ0n) is 19.8. The Hall–Kier alpha value is -3.82. The number of ether oxygens (including phenoxy) is 2. The Bertz CT molecular complexity index is 1250. The number of amides is 1.